The van der Waals surface area contributed by atoms with Gasteiger partial charge in [-0.15, -0.1) is 11.8 Å². The molecule has 3 rings (SSSR count). The highest BCUT2D eigenvalue weighted by Crippen LogP contribution is 2.24. The van der Waals surface area contributed by atoms with Gasteiger partial charge in [-0.3, -0.25) is 9.78 Å². The summed E-state index contributed by atoms with van der Waals surface area (Å²) in [5.74, 6) is 0.574. The van der Waals surface area contributed by atoms with Gasteiger partial charge in [0.25, 0.3) is 5.91 Å². The summed E-state index contributed by atoms with van der Waals surface area (Å²) in [6, 6.07) is 18.9. The van der Waals surface area contributed by atoms with Crippen LogP contribution in [0.3, 0.4) is 0 Å². The van der Waals surface area contributed by atoms with Crippen molar-refractivity contribution < 1.29 is 4.79 Å². The van der Waals surface area contributed by atoms with E-state index in [0.29, 0.717) is 5.56 Å². The lowest BCUT2D eigenvalue weighted by molar-refractivity contribution is 0.0955. The second-order valence-electron chi connectivity index (χ2n) is 5.43. The van der Waals surface area contributed by atoms with Crippen LogP contribution in [0.15, 0.2) is 83.1 Å². The number of hydrazone groups is 1. The van der Waals surface area contributed by atoms with Gasteiger partial charge in [0.2, 0.25) is 0 Å². The molecule has 6 heteroatoms. The smallest absolute Gasteiger partial charge is 0.267 e. The Hall–Kier alpha value is -2.63. The molecule has 130 valence electrons. The highest BCUT2D eigenvalue weighted by molar-refractivity contribution is 7.98. The lowest BCUT2D eigenvalue weighted by Gasteiger charge is -2.04. The minimum atomic E-state index is -0.248. The summed E-state index contributed by atoms with van der Waals surface area (Å²) in [5, 5.41) is 4.68. The van der Waals surface area contributed by atoms with Crippen LogP contribution in [0.4, 0.5) is 0 Å². The normalized spacial score (nSPS) is 10.8. The fraction of sp³-hybridized carbons (Fsp3) is 0.0500. The van der Waals surface area contributed by atoms with E-state index in [9.17, 15) is 4.79 Å². The van der Waals surface area contributed by atoms with Gasteiger partial charge in [-0.1, -0.05) is 29.8 Å². The molecule has 0 saturated carbocycles. The van der Waals surface area contributed by atoms with E-state index < -0.39 is 0 Å². The van der Waals surface area contributed by atoms with E-state index in [4.69, 9.17) is 11.6 Å². The van der Waals surface area contributed by atoms with Gasteiger partial charge in [-0.05, 0) is 48.0 Å². The summed E-state index contributed by atoms with van der Waals surface area (Å²) in [6.45, 7) is 0. The number of nitrogens with zero attached hydrogens (tertiary/aromatic N) is 2. The fourth-order valence-corrected chi connectivity index (χ4v) is 3.11. The highest BCUT2D eigenvalue weighted by Gasteiger charge is 2.04. The van der Waals surface area contributed by atoms with Gasteiger partial charge in [-0.25, -0.2) is 5.43 Å². The van der Waals surface area contributed by atoms with E-state index in [1.165, 1.54) is 0 Å². The zero-order chi connectivity index (χ0) is 18.2. The van der Waals surface area contributed by atoms with Crippen molar-refractivity contribution in [2.45, 2.75) is 10.6 Å². The number of thioether (sulfide) groups is 1. The topological polar surface area (TPSA) is 54.4 Å². The molecule has 1 N–H and O–H groups in total. The molecular weight excluding hydrogens is 366 g/mol. The quantitative estimate of drug-likeness (QED) is 0.379. The number of hydrogen-bond donors (Lipinski definition) is 1. The van der Waals surface area contributed by atoms with Crippen molar-refractivity contribution in [2.24, 2.45) is 5.10 Å². The highest BCUT2D eigenvalue weighted by atomic mass is 35.5. The molecule has 2 aromatic carbocycles. The number of rotatable bonds is 6. The Balaban J connectivity index is 1.52. The van der Waals surface area contributed by atoms with Crippen LogP contribution in [0, 0.1) is 0 Å². The molecular formula is C20H16ClN3OS. The Morgan fingerprint density at radius 3 is 2.58 bits per heavy atom. The predicted octanol–water partition coefficient (Wildman–Crippen LogP) is 4.79. The van der Waals surface area contributed by atoms with Gasteiger partial charge in [-0.2, -0.15) is 5.10 Å². The molecule has 4 nitrogen and oxygen atoms in total. The molecule has 0 fully saturated rings. The van der Waals surface area contributed by atoms with Crippen LogP contribution >= 0.6 is 23.4 Å². The van der Waals surface area contributed by atoms with Crippen molar-refractivity contribution >= 4 is 35.5 Å². The van der Waals surface area contributed by atoms with E-state index in [-0.39, 0.29) is 5.91 Å². The van der Waals surface area contributed by atoms with Gasteiger partial charge in [0.05, 0.1) is 6.21 Å². The summed E-state index contributed by atoms with van der Waals surface area (Å²) >= 11 is 7.61. The Morgan fingerprint density at radius 2 is 1.88 bits per heavy atom. The Morgan fingerprint density at radius 1 is 1.12 bits per heavy atom. The lowest BCUT2D eigenvalue weighted by Crippen LogP contribution is -2.17. The molecule has 26 heavy (non-hydrogen) atoms. The molecule has 0 aliphatic carbocycles. The number of hydrogen-bond acceptors (Lipinski definition) is 4. The van der Waals surface area contributed by atoms with Crippen LogP contribution in [0.25, 0.3) is 0 Å². The van der Waals surface area contributed by atoms with E-state index in [0.717, 1.165) is 26.8 Å². The summed E-state index contributed by atoms with van der Waals surface area (Å²) in [7, 11) is 0. The van der Waals surface area contributed by atoms with E-state index >= 15 is 0 Å². The molecule has 0 atom stereocenters. The number of carbonyl (C=O) groups excluding carboxylic acids is 1. The first kappa shape index (κ1) is 18.2. The third kappa shape index (κ3) is 5.44. The summed E-state index contributed by atoms with van der Waals surface area (Å²) in [4.78, 5) is 17.2. The van der Waals surface area contributed by atoms with Gasteiger partial charge in [0.1, 0.15) is 0 Å². The molecule has 1 amide bonds. The maximum Gasteiger partial charge on any atom is 0.271 e. The first-order valence-electron chi connectivity index (χ1n) is 7.91. The second-order valence-corrected chi connectivity index (χ2v) is 6.91. The van der Waals surface area contributed by atoms with E-state index in [1.54, 1.807) is 42.5 Å². The minimum absolute atomic E-state index is 0.248. The Kier molecular flexibility index (Phi) is 6.41. The monoisotopic (exact) mass is 381 g/mol. The molecule has 0 aliphatic heterocycles. The van der Waals surface area contributed by atoms with Crippen LogP contribution in [-0.4, -0.2) is 17.1 Å². The number of amides is 1. The number of pyridine rings is 1. The number of benzene rings is 2. The van der Waals surface area contributed by atoms with Crippen molar-refractivity contribution in [1.29, 1.82) is 0 Å². The van der Waals surface area contributed by atoms with Gasteiger partial charge in [0.15, 0.2) is 0 Å². The largest absolute Gasteiger partial charge is 0.271 e. The summed E-state index contributed by atoms with van der Waals surface area (Å²) in [6.07, 6.45) is 4.91. The van der Waals surface area contributed by atoms with E-state index in [1.807, 2.05) is 48.5 Å². The summed E-state index contributed by atoms with van der Waals surface area (Å²) in [5.41, 5.74) is 5.04. The van der Waals surface area contributed by atoms with Crippen molar-refractivity contribution in [2.75, 3.05) is 0 Å². The molecule has 0 spiro atoms. The number of halogens is 1. The average Bonchev–Trinajstić information content (AvgIpc) is 2.69. The number of carbonyl (C=O) groups is 1. The first-order valence-corrected chi connectivity index (χ1v) is 9.28. The fourth-order valence-electron chi connectivity index (χ4n) is 2.13. The first-order chi connectivity index (χ1) is 12.7. The Bertz CT molecular complexity index is 881. The molecule has 1 heterocycles. The zero-order valence-electron chi connectivity index (χ0n) is 13.8. The summed E-state index contributed by atoms with van der Waals surface area (Å²) < 4.78 is 0. The number of aromatic nitrogens is 1. The zero-order valence-corrected chi connectivity index (χ0v) is 15.4. The SMILES string of the molecule is O=C(N/N=C/c1cccnc1)c1ccc(CSc2ccc(Cl)cc2)cc1. The van der Waals surface area contributed by atoms with Crippen LogP contribution in [0.1, 0.15) is 21.5 Å². The lowest BCUT2D eigenvalue weighted by atomic mass is 10.1. The third-order valence-corrected chi connectivity index (χ3v) is 4.83. The standard InChI is InChI=1S/C20H16ClN3OS/c21-18-7-9-19(10-8-18)26-14-15-3-5-17(6-4-15)20(25)24-23-13-16-2-1-11-22-12-16/h1-13H,14H2,(H,24,25)/b23-13+. The molecule has 0 saturated heterocycles. The van der Waals surface area contributed by atoms with Crippen molar-refractivity contribution in [3.63, 3.8) is 0 Å². The minimum Gasteiger partial charge on any atom is -0.267 e. The maximum atomic E-state index is 12.1. The van der Waals surface area contributed by atoms with E-state index in [2.05, 4.69) is 15.5 Å². The van der Waals surface area contributed by atoms with Crippen molar-refractivity contribution in [3.05, 3.63) is 94.8 Å². The van der Waals surface area contributed by atoms with Gasteiger partial charge in [0, 0.05) is 39.2 Å². The maximum absolute atomic E-state index is 12.1. The van der Waals surface area contributed by atoms with Crippen LogP contribution in [0.2, 0.25) is 5.02 Å². The Labute approximate surface area is 161 Å². The second kappa shape index (κ2) is 9.17. The molecule has 3 aromatic rings. The predicted molar refractivity (Wildman–Crippen MR) is 107 cm³/mol. The van der Waals surface area contributed by atoms with Crippen LogP contribution < -0.4 is 5.43 Å². The molecule has 0 unspecified atom stereocenters. The van der Waals surface area contributed by atoms with Crippen molar-refractivity contribution in [1.82, 2.24) is 10.4 Å². The molecule has 0 radical (unpaired) electrons. The van der Waals surface area contributed by atoms with Crippen LogP contribution in [0.5, 0.6) is 0 Å². The molecule has 0 bridgehead atoms. The van der Waals surface area contributed by atoms with Crippen LogP contribution in [-0.2, 0) is 5.75 Å². The molecule has 0 aliphatic rings. The average molecular weight is 382 g/mol. The number of nitrogens with one attached hydrogen (secondary N) is 1. The molecule has 1 aromatic heterocycles. The van der Waals surface area contributed by atoms with Gasteiger partial charge < -0.3 is 0 Å². The third-order valence-electron chi connectivity index (χ3n) is 3.50. The van der Waals surface area contributed by atoms with Gasteiger partial charge >= 0.3 is 0 Å². The van der Waals surface area contributed by atoms with Crippen molar-refractivity contribution in [3.8, 4) is 0 Å².